The monoisotopic (exact) mass is 311 g/mol. The van der Waals surface area contributed by atoms with Crippen LogP contribution in [-0.2, 0) is 0 Å². The summed E-state index contributed by atoms with van der Waals surface area (Å²) in [7, 11) is 0. The number of hydrogen-bond donors (Lipinski definition) is 0. The Bertz CT molecular complexity index is 460. The van der Waals surface area contributed by atoms with Crippen LogP contribution in [0.25, 0.3) is 0 Å². The van der Waals surface area contributed by atoms with Gasteiger partial charge in [-0.15, -0.1) is 0 Å². The highest BCUT2D eigenvalue weighted by atomic mass is 14.3. The molecule has 1 fully saturated rings. The van der Waals surface area contributed by atoms with Crippen LogP contribution in [-0.4, -0.2) is 0 Å². The Kier molecular flexibility index (Phi) is 8.23. The maximum absolute atomic E-state index is 8.89. The molecule has 0 amide bonds. The summed E-state index contributed by atoms with van der Waals surface area (Å²) < 4.78 is 0. The van der Waals surface area contributed by atoms with Gasteiger partial charge in [0.05, 0.1) is 11.6 Å². The van der Waals surface area contributed by atoms with Gasteiger partial charge in [0.1, 0.15) is 0 Å². The van der Waals surface area contributed by atoms with E-state index in [9.17, 15) is 0 Å². The summed E-state index contributed by atoms with van der Waals surface area (Å²) in [5, 5.41) is 8.89. The summed E-state index contributed by atoms with van der Waals surface area (Å²) in [4.78, 5) is 0. The predicted octanol–water partition coefficient (Wildman–Crippen LogP) is 6.97. The second-order valence-electron chi connectivity index (χ2n) is 7.36. The molecule has 0 heterocycles. The average molecular weight is 312 g/mol. The molecule has 1 aliphatic carbocycles. The normalized spacial score (nSPS) is 21.0. The van der Waals surface area contributed by atoms with E-state index in [4.69, 9.17) is 5.26 Å². The Morgan fingerprint density at radius 1 is 0.870 bits per heavy atom. The first-order valence-corrected chi connectivity index (χ1v) is 9.83. The number of nitriles is 1. The average Bonchev–Trinajstić information content (AvgIpc) is 2.61. The molecule has 0 atom stereocenters. The van der Waals surface area contributed by atoms with E-state index in [0.717, 1.165) is 17.4 Å². The smallest absolute Gasteiger partial charge is 0.0991 e. The van der Waals surface area contributed by atoms with Crippen LogP contribution in [0.3, 0.4) is 0 Å². The van der Waals surface area contributed by atoms with Crippen molar-refractivity contribution in [3.63, 3.8) is 0 Å². The molecular formula is C22H33N. The van der Waals surface area contributed by atoms with Gasteiger partial charge >= 0.3 is 0 Å². The molecule has 1 heteroatoms. The van der Waals surface area contributed by atoms with Crippen molar-refractivity contribution in [2.75, 3.05) is 0 Å². The Balaban J connectivity index is 1.59. The van der Waals surface area contributed by atoms with Crippen LogP contribution in [0.4, 0.5) is 0 Å². The van der Waals surface area contributed by atoms with Crippen LogP contribution in [0.1, 0.15) is 101 Å². The zero-order valence-corrected chi connectivity index (χ0v) is 14.9. The van der Waals surface area contributed by atoms with Crippen LogP contribution in [0.15, 0.2) is 24.3 Å². The second-order valence-corrected chi connectivity index (χ2v) is 7.36. The molecule has 2 rings (SSSR count). The van der Waals surface area contributed by atoms with Crippen molar-refractivity contribution < 1.29 is 0 Å². The maximum Gasteiger partial charge on any atom is 0.0991 e. The minimum atomic E-state index is 0.730. The lowest BCUT2D eigenvalue weighted by molar-refractivity contribution is 0.302. The fourth-order valence-corrected chi connectivity index (χ4v) is 4.00. The fraction of sp³-hybridized carbons (Fsp3) is 0.682. The molecule has 0 bridgehead atoms. The summed E-state index contributed by atoms with van der Waals surface area (Å²) >= 11 is 0. The van der Waals surface area contributed by atoms with Crippen LogP contribution >= 0.6 is 0 Å². The molecule has 0 radical (unpaired) electrons. The van der Waals surface area contributed by atoms with Crippen molar-refractivity contribution in [2.45, 2.75) is 89.9 Å². The quantitative estimate of drug-likeness (QED) is 0.451. The van der Waals surface area contributed by atoms with Gasteiger partial charge in [-0.1, -0.05) is 70.4 Å². The topological polar surface area (TPSA) is 23.8 Å². The van der Waals surface area contributed by atoms with Crippen LogP contribution < -0.4 is 0 Å². The van der Waals surface area contributed by atoms with Gasteiger partial charge in [0.2, 0.25) is 0 Å². The van der Waals surface area contributed by atoms with Gasteiger partial charge in [-0.2, -0.15) is 5.26 Å². The van der Waals surface area contributed by atoms with Gasteiger partial charge < -0.3 is 0 Å². The molecule has 0 unspecified atom stereocenters. The first kappa shape index (κ1) is 18.1. The number of nitrogens with zero attached hydrogens (tertiary/aromatic N) is 1. The molecule has 0 N–H and O–H groups in total. The molecule has 1 aromatic rings. The predicted molar refractivity (Wildman–Crippen MR) is 98.5 cm³/mol. The maximum atomic E-state index is 8.89. The zero-order chi connectivity index (χ0) is 16.3. The lowest BCUT2D eigenvalue weighted by atomic mass is 9.77. The third-order valence-corrected chi connectivity index (χ3v) is 5.57. The standard InChI is InChI=1S/C22H33N/c1-2-3-4-5-6-7-8-9-19-10-14-21(15-11-19)22-16-12-20(18-23)13-17-22/h12-13,16-17,19,21H,2-11,14-15H2,1H3. The largest absolute Gasteiger partial charge is 0.192 e. The molecule has 126 valence electrons. The summed E-state index contributed by atoms with van der Waals surface area (Å²) in [6.45, 7) is 2.29. The Labute approximate surface area is 143 Å². The summed E-state index contributed by atoms with van der Waals surface area (Å²) in [6.07, 6.45) is 16.9. The first-order valence-electron chi connectivity index (χ1n) is 9.83. The molecule has 1 aromatic carbocycles. The van der Waals surface area contributed by atoms with E-state index in [0.29, 0.717) is 0 Å². The van der Waals surface area contributed by atoms with Crippen molar-refractivity contribution >= 4 is 0 Å². The third-order valence-electron chi connectivity index (χ3n) is 5.57. The number of benzene rings is 1. The minimum Gasteiger partial charge on any atom is -0.192 e. The molecule has 1 saturated carbocycles. The Hall–Kier alpha value is -1.29. The van der Waals surface area contributed by atoms with Crippen LogP contribution in [0.5, 0.6) is 0 Å². The Morgan fingerprint density at radius 3 is 2.09 bits per heavy atom. The SMILES string of the molecule is CCCCCCCCCC1CCC(c2ccc(C#N)cc2)CC1. The summed E-state index contributed by atoms with van der Waals surface area (Å²) in [5.74, 6) is 1.70. The Morgan fingerprint density at radius 2 is 1.48 bits per heavy atom. The second kappa shape index (κ2) is 10.5. The van der Waals surface area contributed by atoms with Crippen molar-refractivity contribution in [3.05, 3.63) is 35.4 Å². The van der Waals surface area contributed by atoms with E-state index >= 15 is 0 Å². The van der Waals surface area contributed by atoms with Gasteiger partial charge in [0.25, 0.3) is 0 Å². The van der Waals surface area contributed by atoms with E-state index in [2.05, 4.69) is 25.1 Å². The van der Waals surface area contributed by atoms with Crippen molar-refractivity contribution in [1.82, 2.24) is 0 Å². The van der Waals surface area contributed by atoms with E-state index < -0.39 is 0 Å². The lowest BCUT2D eigenvalue weighted by Gasteiger charge is -2.29. The van der Waals surface area contributed by atoms with E-state index in [1.54, 1.807) is 0 Å². The van der Waals surface area contributed by atoms with Crippen molar-refractivity contribution in [3.8, 4) is 6.07 Å². The van der Waals surface area contributed by atoms with Crippen LogP contribution in [0, 0.1) is 17.2 Å². The van der Waals surface area contributed by atoms with Gasteiger partial charge in [0, 0.05) is 0 Å². The van der Waals surface area contributed by atoms with Gasteiger partial charge in [-0.05, 0) is 55.2 Å². The number of rotatable bonds is 9. The highest BCUT2D eigenvalue weighted by Crippen LogP contribution is 2.37. The summed E-state index contributed by atoms with van der Waals surface area (Å²) in [5.41, 5.74) is 2.22. The molecule has 0 aromatic heterocycles. The molecular weight excluding hydrogens is 278 g/mol. The van der Waals surface area contributed by atoms with Gasteiger partial charge in [-0.25, -0.2) is 0 Å². The highest BCUT2D eigenvalue weighted by Gasteiger charge is 2.21. The zero-order valence-electron chi connectivity index (χ0n) is 14.9. The fourth-order valence-electron chi connectivity index (χ4n) is 4.00. The van der Waals surface area contributed by atoms with Crippen molar-refractivity contribution in [2.24, 2.45) is 5.92 Å². The molecule has 0 spiro atoms. The van der Waals surface area contributed by atoms with E-state index in [-0.39, 0.29) is 0 Å². The van der Waals surface area contributed by atoms with Crippen LogP contribution in [0.2, 0.25) is 0 Å². The minimum absolute atomic E-state index is 0.730. The lowest BCUT2D eigenvalue weighted by Crippen LogP contribution is -2.13. The van der Waals surface area contributed by atoms with Gasteiger partial charge in [-0.3, -0.25) is 0 Å². The third kappa shape index (κ3) is 6.38. The van der Waals surface area contributed by atoms with Gasteiger partial charge in [0.15, 0.2) is 0 Å². The molecule has 0 saturated heterocycles. The van der Waals surface area contributed by atoms with E-state index in [1.807, 2.05) is 12.1 Å². The van der Waals surface area contributed by atoms with E-state index in [1.165, 1.54) is 82.6 Å². The first-order chi connectivity index (χ1) is 11.3. The number of unbranched alkanes of at least 4 members (excludes halogenated alkanes) is 6. The highest BCUT2D eigenvalue weighted by molar-refractivity contribution is 5.33. The molecule has 0 aliphatic heterocycles. The molecule has 23 heavy (non-hydrogen) atoms. The molecule has 1 nitrogen and oxygen atoms in total. The number of hydrogen-bond acceptors (Lipinski definition) is 1. The summed E-state index contributed by atoms with van der Waals surface area (Å²) in [6, 6.07) is 10.5. The van der Waals surface area contributed by atoms with Crippen molar-refractivity contribution in [1.29, 1.82) is 5.26 Å². The molecule has 1 aliphatic rings.